The summed E-state index contributed by atoms with van der Waals surface area (Å²) in [7, 11) is 4.43. The quantitative estimate of drug-likeness (QED) is 0.637. The molecule has 0 aliphatic carbocycles. The maximum atomic E-state index is 12.4. The molecule has 25 heavy (non-hydrogen) atoms. The number of hydrogen-bond acceptors (Lipinski definition) is 6. The molecule has 8 nitrogen and oxygen atoms in total. The first-order chi connectivity index (χ1) is 11.9. The highest BCUT2D eigenvalue weighted by Crippen LogP contribution is 2.40. The van der Waals surface area contributed by atoms with Crippen molar-refractivity contribution in [2.45, 2.75) is 6.92 Å². The number of benzene rings is 2. The summed E-state index contributed by atoms with van der Waals surface area (Å²) in [5.74, 6) is 0.801. The van der Waals surface area contributed by atoms with Gasteiger partial charge >= 0.3 is 0 Å². The lowest BCUT2D eigenvalue weighted by atomic mass is 10.1. The van der Waals surface area contributed by atoms with Crippen LogP contribution in [0, 0.1) is 17.0 Å². The van der Waals surface area contributed by atoms with Crippen LogP contribution in [0.25, 0.3) is 0 Å². The molecule has 0 unspecified atom stereocenters. The minimum absolute atomic E-state index is 0.0377. The third kappa shape index (κ3) is 3.79. The van der Waals surface area contributed by atoms with E-state index in [1.54, 1.807) is 19.1 Å². The van der Waals surface area contributed by atoms with Gasteiger partial charge in [-0.2, -0.15) is 0 Å². The Kier molecular flexibility index (Phi) is 5.43. The van der Waals surface area contributed by atoms with Crippen molar-refractivity contribution in [3.8, 4) is 17.2 Å². The second-order valence-electron chi connectivity index (χ2n) is 5.13. The molecule has 0 radical (unpaired) electrons. The van der Waals surface area contributed by atoms with Crippen molar-refractivity contribution in [1.82, 2.24) is 0 Å². The monoisotopic (exact) mass is 346 g/mol. The molecule has 0 aromatic heterocycles. The van der Waals surface area contributed by atoms with Crippen molar-refractivity contribution >= 4 is 17.3 Å². The third-order valence-corrected chi connectivity index (χ3v) is 3.58. The molecule has 0 aliphatic rings. The Morgan fingerprint density at radius 2 is 1.64 bits per heavy atom. The normalized spacial score (nSPS) is 10.1. The molecule has 0 bridgehead atoms. The number of hydrogen-bond donors (Lipinski definition) is 1. The van der Waals surface area contributed by atoms with Crippen LogP contribution in [-0.4, -0.2) is 32.2 Å². The number of nitro benzene ring substituents is 1. The number of nitro groups is 1. The molecule has 132 valence electrons. The smallest absolute Gasteiger partial charge is 0.272 e. The van der Waals surface area contributed by atoms with Crippen molar-refractivity contribution in [3.63, 3.8) is 0 Å². The van der Waals surface area contributed by atoms with Gasteiger partial charge in [-0.3, -0.25) is 14.9 Å². The van der Waals surface area contributed by atoms with Gasteiger partial charge in [-0.15, -0.1) is 0 Å². The first-order valence-corrected chi connectivity index (χ1v) is 7.27. The Labute approximate surface area is 144 Å². The van der Waals surface area contributed by atoms with Crippen molar-refractivity contribution in [2.24, 2.45) is 0 Å². The van der Waals surface area contributed by atoms with Crippen LogP contribution in [0.15, 0.2) is 30.3 Å². The lowest BCUT2D eigenvalue weighted by molar-refractivity contribution is -0.385. The second-order valence-corrected chi connectivity index (χ2v) is 5.13. The molecule has 0 heterocycles. The van der Waals surface area contributed by atoms with Gasteiger partial charge in [-0.05, 0) is 19.1 Å². The summed E-state index contributed by atoms with van der Waals surface area (Å²) < 4.78 is 15.7. The Balaban J connectivity index is 2.31. The maximum absolute atomic E-state index is 12.4. The van der Waals surface area contributed by atoms with E-state index in [1.165, 1.54) is 39.5 Å². The molecule has 0 fully saturated rings. The van der Waals surface area contributed by atoms with Gasteiger partial charge in [0.05, 0.1) is 26.3 Å². The molecule has 0 aliphatic heterocycles. The first kappa shape index (κ1) is 18.1. The standard InChI is InChI=1S/C17H18N2O6/c1-10-7-11(5-6-13(10)19(21)22)17(20)18-12-8-14(23-2)16(25-4)15(9-12)24-3/h5-9H,1-4H3,(H,18,20). The highest BCUT2D eigenvalue weighted by Gasteiger charge is 2.17. The van der Waals surface area contributed by atoms with Crippen LogP contribution in [0.1, 0.15) is 15.9 Å². The SMILES string of the molecule is COc1cc(NC(=O)c2ccc([N+](=O)[O-])c(C)c2)cc(OC)c1OC. The van der Waals surface area contributed by atoms with Crippen LogP contribution in [0.4, 0.5) is 11.4 Å². The van der Waals surface area contributed by atoms with E-state index < -0.39 is 10.8 Å². The van der Waals surface area contributed by atoms with Crippen molar-refractivity contribution < 1.29 is 23.9 Å². The first-order valence-electron chi connectivity index (χ1n) is 7.27. The van der Waals surface area contributed by atoms with Gasteiger partial charge in [0.15, 0.2) is 11.5 Å². The summed E-state index contributed by atoms with van der Waals surface area (Å²) in [6.07, 6.45) is 0. The predicted molar refractivity (Wildman–Crippen MR) is 91.9 cm³/mol. The molecule has 2 rings (SSSR count). The molecular formula is C17H18N2O6. The van der Waals surface area contributed by atoms with Gasteiger partial charge in [-0.1, -0.05) is 0 Å². The van der Waals surface area contributed by atoms with E-state index in [-0.39, 0.29) is 5.69 Å². The maximum Gasteiger partial charge on any atom is 0.272 e. The number of nitrogens with one attached hydrogen (secondary N) is 1. The summed E-state index contributed by atoms with van der Waals surface area (Å²) in [6.45, 7) is 1.58. The zero-order valence-corrected chi connectivity index (χ0v) is 14.3. The van der Waals surface area contributed by atoms with Crippen LogP contribution < -0.4 is 19.5 Å². The number of carbonyl (C=O) groups excluding carboxylic acids is 1. The summed E-state index contributed by atoms with van der Waals surface area (Å²) in [4.78, 5) is 22.8. The second kappa shape index (κ2) is 7.52. The van der Waals surface area contributed by atoms with E-state index in [1.807, 2.05) is 0 Å². The number of nitrogens with zero attached hydrogens (tertiary/aromatic N) is 1. The molecule has 1 amide bonds. The van der Waals surface area contributed by atoms with E-state index in [0.29, 0.717) is 34.1 Å². The summed E-state index contributed by atoms with van der Waals surface area (Å²) in [5, 5.41) is 13.6. The van der Waals surface area contributed by atoms with Crippen LogP contribution in [0.2, 0.25) is 0 Å². The fourth-order valence-corrected chi connectivity index (χ4v) is 2.36. The average molecular weight is 346 g/mol. The summed E-state index contributed by atoms with van der Waals surface area (Å²) in [5.41, 5.74) is 1.11. The molecule has 2 aromatic rings. The van der Waals surface area contributed by atoms with Crippen LogP contribution >= 0.6 is 0 Å². The van der Waals surface area contributed by atoms with E-state index in [4.69, 9.17) is 14.2 Å². The zero-order chi connectivity index (χ0) is 18.6. The Bertz CT molecular complexity index is 794. The van der Waals surface area contributed by atoms with Gasteiger partial charge in [0.25, 0.3) is 11.6 Å². The Morgan fingerprint density at radius 3 is 2.08 bits per heavy atom. The van der Waals surface area contributed by atoms with Crippen LogP contribution in [0.5, 0.6) is 17.2 Å². The molecule has 8 heteroatoms. The van der Waals surface area contributed by atoms with Gasteiger partial charge in [0.2, 0.25) is 5.75 Å². The molecule has 0 spiro atoms. The number of aryl methyl sites for hydroxylation is 1. The van der Waals surface area contributed by atoms with Crippen molar-refractivity contribution in [1.29, 1.82) is 0 Å². The lowest BCUT2D eigenvalue weighted by Crippen LogP contribution is -2.12. The fraction of sp³-hybridized carbons (Fsp3) is 0.235. The zero-order valence-electron chi connectivity index (χ0n) is 14.3. The van der Waals surface area contributed by atoms with E-state index in [9.17, 15) is 14.9 Å². The van der Waals surface area contributed by atoms with Gasteiger partial charge in [0, 0.05) is 35.0 Å². The summed E-state index contributed by atoms with van der Waals surface area (Å²) in [6, 6.07) is 7.36. The minimum atomic E-state index is -0.490. The highest BCUT2D eigenvalue weighted by molar-refractivity contribution is 6.04. The number of carbonyl (C=O) groups is 1. The number of rotatable bonds is 6. The third-order valence-electron chi connectivity index (χ3n) is 3.58. The number of amides is 1. The van der Waals surface area contributed by atoms with E-state index in [0.717, 1.165) is 0 Å². The number of ether oxygens (including phenoxy) is 3. The fourth-order valence-electron chi connectivity index (χ4n) is 2.36. The molecule has 0 saturated heterocycles. The predicted octanol–water partition coefficient (Wildman–Crippen LogP) is 3.18. The van der Waals surface area contributed by atoms with Crippen LogP contribution in [-0.2, 0) is 0 Å². The summed E-state index contributed by atoms with van der Waals surface area (Å²) >= 11 is 0. The van der Waals surface area contributed by atoms with Crippen molar-refractivity contribution in [2.75, 3.05) is 26.6 Å². The average Bonchev–Trinajstić information content (AvgIpc) is 2.60. The van der Waals surface area contributed by atoms with Crippen molar-refractivity contribution in [3.05, 3.63) is 51.6 Å². The Hall–Kier alpha value is -3.29. The van der Waals surface area contributed by atoms with Gasteiger partial charge in [-0.25, -0.2) is 0 Å². The van der Waals surface area contributed by atoms with E-state index >= 15 is 0 Å². The minimum Gasteiger partial charge on any atom is -0.493 e. The highest BCUT2D eigenvalue weighted by atomic mass is 16.6. The molecule has 2 aromatic carbocycles. The van der Waals surface area contributed by atoms with Crippen LogP contribution in [0.3, 0.4) is 0 Å². The number of anilines is 1. The molecule has 0 saturated carbocycles. The molecule has 1 N–H and O–H groups in total. The van der Waals surface area contributed by atoms with Gasteiger partial charge < -0.3 is 19.5 Å². The van der Waals surface area contributed by atoms with E-state index in [2.05, 4.69) is 5.32 Å². The largest absolute Gasteiger partial charge is 0.493 e. The van der Waals surface area contributed by atoms with Gasteiger partial charge in [0.1, 0.15) is 0 Å². The topological polar surface area (TPSA) is 99.9 Å². The number of methoxy groups -OCH3 is 3. The molecule has 0 atom stereocenters. The Morgan fingerprint density at radius 1 is 1.04 bits per heavy atom. The molecular weight excluding hydrogens is 328 g/mol. The lowest BCUT2D eigenvalue weighted by Gasteiger charge is -2.14.